The molecule has 6 heteroatoms. The van der Waals surface area contributed by atoms with E-state index in [1.165, 1.54) is 19.3 Å². The molecule has 5 N–H and O–H groups in total. The summed E-state index contributed by atoms with van der Waals surface area (Å²) in [4.78, 5) is 10.2. The molecule has 1 rings (SSSR count). The molecule has 1 aliphatic carbocycles. The molecule has 0 aromatic carbocycles. The second-order valence-corrected chi connectivity index (χ2v) is 5.00. The van der Waals surface area contributed by atoms with Gasteiger partial charge < -0.3 is 27.1 Å². The Bertz CT molecular complexity index is 292. The van der Waals surface area contributed by atoms with E-state index in [2.05, 4.69) is 0 Å². The normalized spacial score (nSPS) is 21.6. The fourth-order valence-electron chi connectivity index (χ4n) is 2.46. The number of rotatable bonds is 6. The zero-order valence-electron chi connectivity index (χ0n) is 11.5. The second-order valence-electron chi connectivity index (χ2n) is 5.00. The summed E-state index contributed by atoms with van der Waals surface area (Å²) < 4.78 is 0. The Morgan fingerprint density at radius 2 is 1.89 bits per heavy atom. The maximum Gasteiger partial charge on any atom is 1.00 e. The molecule has 0 spiro atoms. The van der Waals surface area contributed by atoms with E-state index in [0.717, 1.165) is 18.9 Å². The van der Waals surface area contributed by atoms with Crippen LogP contribution in [0.2, 0.25) is 0 Å². The molecule has 0 radical (unpaired) electrons. The topological polar surface area (TPSA) is 104 Å². The summed E-state index contributed by atoms with van der Waals surface area (Å²) in [6.07, 6.45) is 6.99. The summed E-state index contributed by atoms with van der Waals surface area (Å²) in [7, 11) is 0. The van der Waals surface area contributed by atoms with Gasteiger partial charge in [-0.15, -0.1) is 0 Å². The predicted octanol–water partition coefficient (Wildman–Crippen LogP) is -2.55. The van der Waals surface area contributed by atoms with Crippen LogP contribution in [0.4, 0.5) is 0 Å². The van der Waals surface area contributed by atoms with E-state index in [0.29, 0.717) is 12.3 Å². The Kier molecular flexibility index (Phi) is 9.96. The average molecular weight is 279 g/mol. The van der Waals surface area contributed by atoms with Crippen molar-refractivity contribution in [1.82, 2.24) is 0 Å². The summed E-state index contributed by atoms with van der Waals surface area (Å²) in [6.45, 7) is 0. The van der Waals surface area contributed by atoms with Crippen molar-refractivity contribution in [2.75, 3.05) is 0 Å². The third-order valence-corrected chi connectivity index (χ3v) is 3.50. The molecular formula is C13H22NNaO4. The SMILES string of the molecule is N[C@@H](CC1CCCCC1)[C@@H](O)[C@@H](O)C=[C-]C(=O)O.[Na+]. The average Bonchev–Trinajstić information content (AvgIpc) is 2.36. The Labute approximate surface area is 136 Å². The Morgan fingerprint density at radius 1 is 1.32 bits per heavy atom. The molecule has 0 bridgehead atoms. The van der Waals surface area contributed by atoms with Crippen molar-refractivity contribution in [3.63, 3.8) is 0 Å². The van der Waals surface area contributed by atoms with Crippen molar-refractivity contribution in [2.24, 2.45) is 11.7 Å². The molecule has 1 aliphatic rings. The third-order valence-electron chi connectivity index (χ3n) is 3.50. The molecule has 3 atom stereocenters. The number of aliphatic hydroxyl groups excluding tert-OH is 2. The van der Waals surface area contributed by atoms with Crippen LogP contribution in [0.3, 0.4) is 0 Å². The summed E-state index contributed by atoms with van der Waals surface area (Å²) in [6, 6.07) is -0.532. The molecule has 0 aromatic heterocycles. The fourth-order valence-corrected chi connectivity index (χ4v) is 2.46. The van der Waals surface area contributed by atoms with Crippen LogP contribution in [0.5, 0.6) is 0 Å². The Hall–Kier alpha value is 0.0900. The second kappa shape index (κ2) is 9.91. The zero-order chi connectivity index (χ0) is 13.5. The van der Waals surface area contributed by atoms with Crippen molar-refractivity contribution >= 4 is 5.97 Å². The molecule has 5 nitrogen and oxygen atoms in total. The van der Waals surface area contributed by atoms with E-state index in [1.807, 2.05) is 6.08 Å². The van der Waals surface area contributed by atoms with Gasteiger partial charge in [0.25, 0.3) is 0 Å². The van der Waals surface area contributed by atoms with Gasteiger partial charge >= 0.3 is 29.6 Å². The van der Waals surface area contributed by atoms with Crippen LogP contribution in [0.1, 0.15) is 38.5 Å². The van der Waals surface area contributed by atoms with Crippen molar-refractivity contribution in [1.29, 1.82) is 0 Å². The van der Waals surface area contributed by atoms with Gasteiger partial charge in [-0.2, -0.15) is 0 Å². The number of carboxylic acid groups (broad SMARTS) is 1. The minimum Gasteiger partial charge on any atom is -0.505 e. The van der Waals surface area contributed by atoms with E-state index in [-0.39, 0.29) is 29.6 Å². The van der Waals surface area contributed by atoms with Gasteiger partial charge in [-0.3, -0.25) is 4.79 Å². The number of hydrogen-bond donors (Lipinski definition) is 4. The smallest absolute Gasteiger partial charge is 0.505 e. The number of aliphatic hydroxyl groups is 2. The molecule has 0 saturated heterocycles. The quantitative estimate of drug-likeness (QED) is 0.243. The van der Waals surface area contributed by atoms with Crippen LogP contribution in [0.25, 0.3) is 0 Å². The number of carboxylic acids is 1. The largest absolute Gasteiger partial charge is 1.00 e. The van der Waals surface area contributed by atoms with Crippen LogP contribution in [0.15, 0.2) is 6.08 Å². The van der Waals surface area contributed by atoms with Gasteiger partial charge in [0, 0.05) is 6.04 Å². The molecule has 0 amide bonds. The van der Waals surface area contributed by atoms with Crippen LogP contribution in [-0.4, -0.2) is 39.5 Å². The zero-order valence-corrected chi connectivity index (χ0v) is 13.5. The summed E-state index contributed by atoms with van der Waals surface area (Å²) in [5.74, 6) is -0.773. The van der Waals surface area contributed by atoms with E-state index in [1.54, 1.807) is 0 Å². The van der Waals surface area contributed by atoms with Crippen molar-refractivity contribution in [3.05, 3.63) is 12.2 Å². The minimum absolute atomic E-state index is 0. The molecule has 1 saturated carbocycles. The van der Waals surface area contributed by atoms with Gasteiger partial charge in [0.2, 0.25) is 0 Å². The first kappa shape index (κ1) is 19.1. The van der Waals surface area contributed by atoms with Crippen molar-refractivity contribution in [2.45, 2.75) is 56.8 Å². The van der Waals surface area contributed by atoms with E-state index in [4.69, 9.17) is 10.8 Å². The first-order valence-electron chi connectivity index (χ1n) is 6.45. The molecule has 1 fully saturated rings. The Balaban J connectivity index is 0.00000324. The third kappa shape index (κ3) is 7.44. The van der Waals surface area contributed by atoms with Crippen LogP contribution in [-0.2, 0) is 4.79 Å². The summed E-state index contributed by atoms with van der Waals surface area (Å²) in [5, 5.41) is 27.7. The first-order valence-corrected chi connectivity index (χ1v) is 6.45. The van der Waals surface area contributed by atoms with Gasteiger partial charge in [0.05, 0.1) is 12.2 Å². The Morgan fingerprint density at radius 3 is 2.42 bits per heavy atom. The van der Waals surface area contributed by atoms with E-state index < -0.39 is 24.2 Å². The van der Waals surface area contributed by atoms with Crippen LogP contribution >= 0.6 is 0 Å². The molecule has 0 unspecified atom stereocenters. The molecule has 0 aliphatic heterocycles. The number of carbonyl (C=O) groups is 1. The molecule has 0 aromatic rings. The van der Waals surface area contributed by atoms with E-state index in [9.17, 15) is 15.0 Å². The summed E-state index contributed by atoms with van der Waals surface area (Å²) >= 11 is 0. The van der Waals surface area contributed by atoms with Crippen LogP contribution in [0, 0.1) is 12.0 Å². The molecule has 19 heavy (non-hydrogen) atoms. The monoisotopic (exact) mass is 279 g/mol. The standard InChI is InChI=1S/C13H22NO4.Na/c14-10(8-9-4-2-1-3-5-9)13(18)11(15)6-7-12(16)17;/h6,9-11,13,15,18H,1-5,8,14H2,(H,16,17);/q-1;+1/t10-,11-,13+;/m0./s1. The number of nitrogens with two attached hydrogens (primary N) is 1. The van der Waals surface area contributed by atoms with Crippen LogP contribution < -0.4 is 35.3 Å². The van der Waals surface area contributed by atoms with Gasteiger partial charge in [-0.1, -0.05) is 32.1 Å². The van der Waals surface area contributed by atoms with Gasteiger partial charge in [0.15, 0.2) is 0 Å². The van der Waals surface area contributed by atoms with E-state index >= 15 is 0 Å². The fraction of sp³-hybridized carbons (Fsp3) is 0.769. The maximum atomic E-state index is 10.2. The predicted molar refractivity (Wildman–Crippen MR) is 66.6 cm³/mol. The van der Waals surface area contributed by atoms with Gasteiger partial charge in [0.1, 0.15) is 5.97 Å². The number of aliphatic carboxylic acids is 1. The first-order chi connectivity index (χ1) is 8.50. The number of hydrogen-bond acceptors (Lipinski definition) is 4. The van der Waals surface area contributed by atoms with Gasteiger partial charge in [-0.05, 0) is 12.3 Å². The van der Waals surface area contributed by atoms with Crippen molar-refractivity contribution < 1.29 is 49.7 Å². The molecular weight excluding hydrogens is 257 g/mol. The minimum atomic E-state index is -1.28. The summed E-state index contributed by atoms with van der Waals surface area (Å²) in [5.41, 5.74) is 5.85. The van der Waals surface area contributed by atoms with Crippen molar-refractivity contribution in [3.8, 4) is 0 Å². The molecule has 0 heterocycles. The maximum absolute atomic E-state index is 10.2. The molecule has 104 valence electrons. The van der Waals surface area contributed by atoms with Gasteiger partial charge in [-0.25, -0.2) is 6.08 Å².